The number of rotatable bonds is 3. The maximum absolute atomic E-state index is 11.8. The Morgan fingerprint density at radius 1 is 1.29 bits per heavy atom. The van der Waals surface area contributed by atoms with Crippen LogP contribution in [0.15, 0.2) is 11.0 Å². The summed E-state index contributed by atoms with van der Waals surface area (Å²) >= 11 is 6.15. The Balaban J connectivity index is 1.52. The molecule has 0 aliphatic heterocycles. The van der Waals surface area contributed by atoms with Gasteiger partial charge in [-0.1, -0.05) is 11.6 Å². The lowest BCUT2D eigenvalue weighted by molar-refractivity contribution is -0.0444. The second-order valence-corrected chi connectivity index (χ2v) is 7.95. The summed E-state index contributed by atoms with van der Waals surface area (Å²) in [6.45, 7) is 0.936. The Bertz CT molecular complexity index is 589. The van der Waals surface area contributed by atoms with Crippen LogP contribution in [0.25, 0.3) is 0 Å². The third-order valence-corrected chi connectivity index (χ3v) is 6.26. The van der Waals surface area contributed by atoms with Gasteiger partial charge in [0.05, 0.1) is 11.9 Å². The predicted octanol–water partition coefficient (Wildman–Crippen LogP) is 3.06. The van der Waals surface area contributed by atoms with Gasteiger partial charge in [-0.2, -0.15) is 5.10 Å². The van der Waals surface area contributed by atoms with Crippen molar-refractivity contribution in [2.24, 2.45) is 30.2 Å². The summed E-state index contributed by atoms with van der Waals surface area (Å²) in [4.78, 5) is 11.8. The van der Waals surface area contributed by atoms with Gasteiger partial charge in [-0.25, -0.2) is 4.68 Å². The topological polar surface area (TPSA) is 46.9 Å². The van der Waals surface area contributed by atoms with E-state index in [1.54, 1.807) is 13.2 Å². The molecule has 5 heteroatoms. The summed E-state index contributed by atoms with van der Waals surface area (Å²) in [6, 6.07) is 0. The second kappa shape index (κ2) is 4.73. The normalized spacial score (nSPS) is 37.0. The third kappa shape index (κ3) is 2.28. The molecule has 1 aromatic heterocycles. The van der Waals surface area contributed by atoms with Gasteiger partial charge in [0.15, 0.2) is 0 Å². The molecule has 0 radical (unpaired) electrons. The number of aryl methyl sites for hydroxylation is 1. The molecule has 0 unspecified atom stereocenters. The highest BCUT2D eigenvalue weighted by atomic mass is 35.5. The number of anilines is 1. The molecule has 0 spiro atoms. The van der Waals surface area contributed by atoms with Gasteiger partial charge >= 0.3 is 0 Å². The van der Waals surface area contributed by atoms with Crippen LogP contribution in [-0.2, 0) is 7.05 Å². The molecule has 21 heavy (non-hydrogen) atoms. The van der Waals surface area contributed by atoms with Crippen molar-refractivity contribution in [3.05, 3.63) is 21.6 Å². The zero-order valence-electron chi connectivity index (χ0n) is 12.4. The molecule has 1 N–H and O–H groups in total. The number of nitrogens with one attached hydrogen (secondary N) is 1. The quantitative estimate of drug-likeness (QED) is 0.933. The minimum absolute atomic E-state index is 0.229. The summed E-state index contributed by atoms with van der Waals surface area (Å²) in [5.74, 6) is 2.82. The minimum atomic E-state index is -0.229. The average Bonchev–Trinajstić information content (AvgIpc) is 2.42. The lowest BCUT2D eigenvalue weighted by Gasteiger charge is -2.57. The summed E-state index contributed by atoms with van der Waals surface area (Å²) in [5, 5.41) is 7.75. The molecular weight excluding hydrogens is 286 g/mol. The van der Waals surface area contributed by atoms with E-state index in [2.05, 4.69) is 10.4 Å². The fourth-order valence-electron chi connectivity index (χ4n) is 5.42. The monoisotopic (exact) mass is 307 g/mol. The summed E-state index contributed by atoms with van der Waals surface area (Å²) in [6.07, 6.45) is 10.1. The molecule has 4 aliphatic rings. The molecule has 0 amide bonds. The predicted molar refractivity (Wildman–Crippen MR) is 83.6 cm³/mol. The Hall–Kier alpha value is -1.03. The maximum Gasteiger partial charge on any atom is 0.287 e. The first kappa shape index (κ1) is 13.6. The average molecular weight is 308 g/mol. The van der Waals surface area contributed by atoms with E-state index in [-0.39, 0.29) is 10.6 Å². The van der Waals surface area contributed by atoms with Crippen molar-refractivity contribution in [1.29, 1.82) is 0 Å². The summed E-state index contributed by atoms with van der Waals surface area (Å²) < 4.78 is 1.28. The number of hydrogen-bond donors (Lipinski definition) is 1. The molecule has 1 heterocycles. The standard InChI is InChI=1S/C16H22ClN3O/c1-20-15(21)14(17)13(8-19-20)18-9-16-5-10-2-11(6-16)4-12(3-10)7-16/h8,10-12,18H,2-7,9H2,1H3. The lowest BCUT2D eigenvalue weighted by atomic mass is 9.49. The van der Waals surface area contributed by atoms with Crippen molar-refractivity contribution in [1.82, 2.24) is 9.78 Å². The number of hydrogen-bond acceptors (Lipinski definition) is 3. The molecule has 4 nitrogen and oxygen atoms in total. The van der Waals surface area contributed by atoms with Crippen molar-refractivity contribution in [2.75, 3.05) is 11.9 Å². The van der Waals surface area contributed by atoms with Gasteiger partial charge in [-0.15, -0.1) is 0 Å². The van der Waals surface area contributed by atoms with Crippen molar-refractivity contribution in [3.63, 3.8) is 0 Å². The van der Waals surface area contributed by atoms with Crippen LogP contribution in [0.5, 0.6) is 0 Å². The molecule has 1 aromatic rings. The van der Waals surface area contributed by atoms with E-state index in [0.29, 0.717) is 11.1 Å². The fraction of sp³-hybridized carbons (Fsp3) is 0.750. The molecule has 0 aromatic carbocycles. The van der Waals surface area contributed by atoms with Crippen LogP contribution in [0.3, 0.4) is 0 Å². The van der Waals surface area contributed by atoms with Gasteiger partial charge in [0, 0.05) is 13.6 Å². The first-order valence-electron chi connectivity index (χ1n) is 8.00. The van der Waals surface area contributed by atoms with Gasteiger partial charge in [-0.05, 0) is 61.7 Å². The van der Waals surface area contributed by atoms with Crippen LogP contribution in [0.1, 0.15) is 38.5 Å². The van der Waals surface area contributed by atoms with Crippen LogP contribution in [0.4, 0.5) is 5.69 Å². The van der Waals surface area contributed by atoms with E-state index in [1.165, 1.54) is 43.2 Å². The van der Waals surface area contributed by atoms with Crippen molar-refractivity contribution in [2.45, 2.75) is 38.5 Å². The Morgan fingerprint density at radius 2 is 1.86 bits per heavy atom. The Labute approximate surface area is 129 Å². The van der Waals surface area contributed by atoms with Crippen molar-refractivity contribution < 1.29 is 0 Å². The first-order valence-corrected chi connectivity index (χ1v) is 8.38. The van der Waals surface area contributed by atoms with E-state index < -0.39 is 0 Å². The molecule has 4 bridgehead atoms. The molecule has 4 fully saturated rings. The van der Waals surface area contributed by atoms with Crippen molar-refractivity contribution in [3.8, 4) is 0 Å². The second-order valence-electron chi connectivity index (χ2n) is 7.57. The summed E-state index contributed by atoms with van der Waals surface area (Å²) in [5.41, 5.74) is 0.891. The molecule has 4 saturated carbocycles. The van der Waals surface area contributed by atoms with Crippen LogP contribution >= 0.6 is 11.6 Å². The largest absolute Gasteiger partial charge is 0.382 e. The SMILES string of the molecule is Cn1ncc(NCC23CC4CC(CC(C4)C2)C3)c(Cl)c1=O. The van der Waals surface area contributed by atoms with Gasteiger partial charge in [-0.3, -0.25) is 4.79 Å². The number of nitrogens with zero attached hydrogens (tertiary/aromatic N) is 2. The van der Waals surface area contributed by atoms with Crippen LogP contribution < -0.4 is 10.9 Å². The molecule has 5 rings (SSSR count). The Morgan fingerprint density at radius 3 is 2.43 bits per heavy atom. The van der Waals surface area contributed by atoms with E-state index >= 15 is 0 Å². The zero-order valence-corrected chi connectivity index (χ0v) is 13.2. The van der Waals surface area contributed by atoms with E-state index in [4.69, 9.17) is 11.6 Å². The third-order valence-electron chi connectivity index (χ3n) is 5.90. The van der Waals surface area contributed by atoms with E-state index in [0.717, 1.165) is 24.3 Å². The lowest BCUT2D eigenvalue weighted by Crippen LogP contribution is -2.49. The smallest absolute Gasteiger partial charge is 0.287 e. The Kier molecular flexibility index (Phi) is 3.07. The maximum atomic E-state index is 11.8. The molecule has 0 atom stereocenters. The van der Waals surface area contributed by atoms with Gasteiger partial charge in [0.1, 0.15) is 5.02 Å². The molecule has 0 saturated heterocycles. The van der Waals surface area contributed by atoms with Crippen LogP contribution in [0, 0.1) is 23.2 Å². The fourth-order valence-corrected chi connectivity index (χ4v) is 5.66. The molecule has 114 valence electrons. The van der Waals surface area contributed by atoms with Gasteiger partial charge in [0.2, 0.25) is 0 Å². The van der Waals surface area contributed by atoms with Gasteiger partial charge in [0.25, 0.3) is 5.56 Å². The number of aromatic nitrogens is 2. The van der Waals surface area contributed by atoms with Gasteiger partial charge < -0.3 is 5.32 Å². The molecule has 4 aliphatic carbocycles. The first-order chi connectivity index (χ1) is 10.0. The highest BCUT2D eigenvalue weighted by Crippen LogP contribution is 2.59. The zero-order chi connectivity index (χ0) is 14.6. The molecular formula is C16H22ClN3O. The van der Waals surface area contributed by atoms with Crippen LogP contribution in [-0.4, -0.2) is 16.3 Å². The van der Waals surface area contributed by atoms with E-state index in [9.17, 15) is 4.79 Å². The highest BCUT2D eigenvalue weighted by Gasteiger charge is 2.50. The van der Waals surface area contributed by atoms with Crippen molar-refractivity contribution >= 4 is 17.3 Å². The van der Waals surface area contributed by atoms with E-state index in [1.807, 2.05) is 0 Å². The summed E-state index contributed by atoms with van der Waals surface area (Å²) in [7, 11) is 1.62. The highest BCUT2D eigenvalue weighted by molar-refractivity contribution is 6.32. The minimum Gasteiger partial charge on any atom is -0.382 e. The number of halogens is 1. The van der Waals surface area contributed by atoms with Crippen LogP contribution in [0.2, 0.25) is 5.02 Å².